The van der Waals surface area contributed by atoms with Crippen LogP contribution in [0.4, 0.5) is 0 Å². The quantitative estimate of drug-likeness (QED) is 0.626. The van der Waals surface area contributed by atoms with Crippen LogP contribution in [0.5, 0.6) is 0 Å². The molecule has 1 aliphatic rings. The highest BCUT2D eigenvalue weighted by Crippen LogP contribution is 2.27. The first-order valence-corrected chi connectivity index (χ1v) is 5.81. The van der Waals surface area contributed by atoms with Crippen molar-refractivity contribution < 1.29 is 4.79 Å². The lowest BCUT2D eigenvalue weighted by Gasteiger charge is -2.30. The normalized spacial score (nSPS) is 28.5. The second-order valence-corrected chi connectivity index (χ2v) is 4.47. The Morgan fingerprint density at radius 1 is 1.47 bits per heavy atom. The van der Waals surface area contributed by atoms with E-state index in [0.29, 0.717) is 12.0 Å². The van der Waals surface area contributed by atoms with Gasteiger partial charge in [0, 0.05) is 13.1 Å². The summed E-state index contributed by atoms with van der Waals surface area (Å²) in [6.45, 7) is 0. The largest absolute Gasteiger partial charge is 0.358 e. The van der Waals surface area contributed by atoms with Gasteiger partial charge in [-0.15, -0.1) is 0 Å². The van der Waals surface area contributed by atoms with Crippen LogP contribution >= 0.6 is 0 Å². The van der Waals surface area contributed by atoms with Crippen LogP contribution in [0.15, 0.2) is 0 Å². The lowest BCUT2D eigenvalue weighted by Crippen LogP contribution is -2.41. The zero-order valence-electron chi connectivity index (χ0n) is 9.75. The number of carbonyl (C=O) groups excluding carboxylic acids is 1. The fourth-order valence-electron chi connectivity index (χ4n) is 2.42. The van der Waals surface area contributed by atoms with E-state index in [2.05, 4.69) is 10.6 Å². The number of amides is 1. The molecule has 1 rings (SSSR count). The summed E-state index contributed by atoms with van der Waals surface area (Å²) >= 11 is 0. The number of nitrogens with one attached hydrogen (secondary N) is 2. The molecule has 88 valence electrons. The van der Waals surface area contributed by atoms with Crippen LogP contribution in [-0.2, 0) is 4.79 Å². The van der Waals surface area contributed by atoms with Gasteiger partial charge >= 0.3 is 0 Å². The Labute approximate surface area is 92.0 Å². The van der Waals surface area contributed by atoms with Crippen LogP contribution in [-0.4, -0.2) is 32.1 Å². The first-order valence-electron chi connectivity index (χ1n) is 5.81. The van der Waals surface area contributed by atoms with Crippen molar-refractivity contribution in [3.63, 3.8) is 0 Å². The van der Waals surface area contributed by atoms with Crippen molar-refractivity contribution in [1.29, 1.82) is 0 Å². The van der Waals surface area contributed by atoms with Gasteiger partial charge in [0.2, 0.25) is 5.91 Å². The summed E-state index contributed by atoms with van der Waals surface area (Å²) in [6.07, 6.45) is 5.68. The van der Waals surface area contributed by atoms with Crippen molar-refractivity contribution >= 4 is 5.91 Å². The van der Waals surface area contributed by atoms with Gasteiger partial charge in [-0.05, 0) is 32.2 Å². The van der Waals surface area contributed by atoms with Gasteiger partial charge in [-0.1, -0.05) is 12.8 Å². The van der Waals surface area contributed by atoms with E-state index in [1.807, 2.05) is 7.05 Å². The highest BCUT2D eigenvalue weighted by atomic mass is 16.2. The van der Waals surface area contributed by atoms with Gasteiger partial charge in [0.05, 0.1) is 6.04 Å². The van der Waals surface area contributed by atoms with E-state index >= 15 is 0 Å². The SMILES string of the molecule is CNC(=O)[C@H](N)CC1CCCC(NC)C1. The first-order chi connectivity index (χ1) is 7.17. The van der Waals surface area contributed by atoms with Crippen molar-refractivity contribution in [3.05, 3.63) is 0 Å². The summed E-state index contributed by atoms with van der Waals surface area (Å²) in [5, 5.41) is 5.91. The molecule has 0 spiro atoms. The van der Waals surface area contributed by atoms with Gasteiger partial charge in [0.15, 0.2) is 0 Å². The maximum atomic E-state index is 11.3. The predicted octanol–water partition coefficient (Wildman–Crippen LogP) is 0.228. The molecule has 0 aromatic heterocycles. The molecular formula is C11H23N3O. The third kappa shape index (κ3) is 3.80. The fraction of sp³-hybridized carbons (Fsp3) is 0.909. The second-order valence-electron chi connectivity index (χ2n) is 4.47. The summed E-state index contributed by atoms with van der Waals surface area (Å²) in [7, 11) is 3.64. The molecule has 1 saturated carbocycles. The van der Waals surface area contributed by atoms with Crippen LogP contribution in [0, 0.1) is 5.92 Å². The Kier molecular flexibility index (Phi) is 5.05. The molecular weight excluding hydrogens is 190 g/mol. The molecule has 1 aliphatic carbocycles. The zero-order valence-corrected chi connectivity index (χ0v) is 9.75. The van der Waals surface area contributed by atoms with Crippen molar-refractivity contribution in [2.75, 3.05) is 14.1 Å². The Morgan fingerprint density at radius 2 is 2.20 bits per heavy atom. The van der Waals surface area contributed by atoms with Gasteiger partial charge in [0.25, 0.3) is 0 Å². The van der Waals surface area contributed by atoms with Gasteiger partial charge in [-0.2, -0.15) is 0 Å². The molecule has 1 fully saturated rings. The molecule has 0 aliphatic heterocycles. The maximum Gasteiger partial charge on any atom is 0.236 e. The van der Waals surface area contributed by atoms with E-state index < -0.39 is 0 Å². The van der Waals surface area contributed by atoms with E-state index in [4.69, 9.17) is 5.73 Å². The molecule has 0 aromatic carbocycles. The van der Waals surface area contributed by atoms with E-state index in [1.165, 1.54) is 19.3 Å². The first kappa shape index (κ1) is 12.5. The zero-order chi connectivity index (χ0) is 11.3. The topological polar surface area (TPSA) is 67.2 Å². The number of hydrogen-bond acceptors (Lipinski definition) is 3. The van der Waals surface area contributed by atoms with Crippen molar-refractivity contribution in [1.82, 2.24) is 10.6 Å². The van der Waals surface area contributed by atoms with Gasteiger partial charge < -0.3 is 16.4 Å². The minimum absolute atomic E-state index is 0.0402. The molecule has 0 radical (unpaired) electrons. The number of likely N-dealkylation sites (N-methyl/N-ethyl adjacent to an activating group) is 1. The maximum absolute atomic E-state index is 11.3. The summed E-state index contributed by atoms with van der Waals surface area (Å²) in [5.41, 5.74) is 5.81. The Morgan fingerprint density at radius 3 is 2.80 bits per heavy atom. The van der Waals surface area contributed by atoms with E-state index in [9.17, 15) is 4.79 Å². The average molecular weight is 213 g/mol. The van der Waals surface area contributed by atoms with Gasteiger partial charge in [-0.25, -0.2) is 0 Å². The third-order valence-electron chi connectivity index (χ3n) is 3.36. The van der Waals surface area contributed by atoms with Crippen LogP contribution in [0.2, 0.25) is 0 Å². The molecule has 0 bridgehead atoms. The molecule has 4 heteroatoms. The molecule has 1 amide bonds. The monoisotopic (exact) mass is 213 g/mol. The van der Waals surface area contributed by atoms with Crippen LogP contribution < -0.4 is 16.4 Å². The molecule has 2 unspecified atom stereocenters. The molecule has 4 N–H and O–H groups in total. The molecule has 4 nitrogen and oxygen atoms in total. The second kappa shape index (κ2) is 6.08. The fourth-order valence-corrected chi connectivity index (χ4v) is 2.42. The minimum Gasteiger partial charge on any atom is -0.358 e. The third-order valence-corrected chi connectivity index (χ3v) is 3.36. The van der Waals surface area contributed by atoms with E-state index in [1.54, 1.807) is 7.05 Å². The van der Waals surface area contributed by atoms with Crippen LogP contribution in [0.25, 0.3) is 0 Å². The standard InChI is InChI=1S/C11H23N3O/c1-13-9-5-3-4-8(6-9)7-10(12)11(15)14-2/h8-10,13H,3-7,12H2,1-2H3,(H,14,15)/t8?,9?,10-/m1/s1. The lowest BCUT2D eigenvalue weighted by molar-refractivity contribution is -0.122. The van der Waals surface area contributed by atoms with Crippen LogP contribution in [0.3, 0.4) is 0 Å². The van der Waals surface area contributed by atoms with E-state index in [-0.39, 0.29) is 11.9 Å². The highest BCUT2D eigenvalue weighted by Gasteiger charge is 2.24. The summed E-state index contributed by atoms with van der Waals surface area (Å²) < 4.78 is 0. The summed E-state index contributed by atoms with van der Waals surface area (Å²) in [4.78, 5) is 11.3. The molecule has 15 heavy (non-hydrogen) atoms. The highest BCUT2D eigenvalue weighted by molar-refractivity contribution is 5.81. The molecule has 0 saturated heterocycles. The molecule has 0 heterocycles. The average Bonchev–Trinajstić information content (AvgIpc) is 2.28. The number of carbonyl (C=O) groups is 1. The number of hydrogen-bond donors (Lipinski definition) is 3. The smallest absolute Gasteiger partial charge is 0.236 e. The Balaban J connectivity index is 2.34. The summed E-state index contributed by atoms with van der Waals surface area (Å²) in [6, 6.07) is 0.274. The molecule has 3 atom stereocenters. The van der Waals surface area contributed by atoms with Crippen LogP contribution in [0.1, 0.15) is 32.1 Å². The predicted molar refractivity (Wildman–Crippen MR) is 61.5 cm³/mol. The van der Waals surface area contributed by atoms with Crippen molar-refractivity contribution in [2.24, 2.45) is 11.7 Å². The Bertz CT molecular complexity index is 208. The lowest BCUT2D eigenvalue weighted by atomic mass is 9.82. The van der Waals surface area contributed by atoms with E-state index in [0.717, 1.165) is 12.8 Å². The number of rotatable bonds is 4. The van der Waals surface area contributed by atoms with Crippen molar-refractivity contribution in [3.8, 4) is 0 Å². The summed E-state index contributed by atoms with van der Waals surface area (Å²) in [5.74, 6) is 0.560. The number of nitrogens with two attached hydrogens (primary N) is 1. The van der Waals surface area contributed by atoms with Crippen molar-refractivity contribution in [2.45, 2.75) is 44.2 Å². The van der Waals surface area contributed by atoms with Gasteiger partial charge in [0.1, 0.15) is 0 Å². The van der Waals surface area contributed by atoms with Gasteiger partial charge in [-0.3, -0.25) is 4.79 Å². The minimum atomic E-state index is -0.337. The molecule has 0 aromatic rings. The Hall–Kier alpha value is -0.610.